The second kappa shape index (κ2) is 8.18. The molecule has 8 heteroatoms. The Kier molecular flexibility index (Phi) is 5.88. The molecule has 2 aromatic rings. The summed E-state index contributed by atoms with van der Waals surface area (Å²) in [6.45, 7) is 1.72. The monoisotopic (exact) mass is 405 g/mol. The molecule has 2 aromatic carbocycles. The molecule has 0 bridgehead atoms. The zero-order chi connectivity index (χ0) is 20.3. The summed E-state index contributed by atoms with van der Waals surface area (Å²) in [5.41, 5.74) is 0.343. The number of esters is 1. The van der Waals surface area contributed by atoms with Crippen LogP contribution in [0.15, 0.2) is 36.4 Å². The lowest BCUT2D eigenvalue weighted by Crippen LogP contribution is -2.43. The van der Waals surface area contributed by atoms with Gasteiger partial charge < -0.3 is 14.4 Å². The first-order valence-electron chi connectivity index (χ1n) is 9.09. The maximum atomic E-state index is 12.6. The van der Waals surface area contributed by atoms with E-state index in [-0.39, 0.29) is 17.5 Å². The normalized spacial score (nSPS) is 18.0. The number of hydrogen-bond donors (Lipinski definition) is 0. The van der Waals surface area contributed by atoms with Gasteiger partial charge in [0.1, 0.15) is 5.75 Å². The van der Waals surface area contributed by atoms with Crippen molar-refractivity contribution in [2.24, 2.45) is 0 Å². The van der Waals surface area contributed by atoms with Crippen LogP contribution in [0.25, 0.3) is 10.8 Å². The van der Waals surface area contributed by atoms with Gasteiger partial charge in [-0.2, -0.15) is 0 Å². The number of likely N-dealkylation sites (N-methyl/N-ethyl adjacent to an activating group) is 1. The Balaban J connectivity index is 1.72. The molecule has 0 radical (unpaired) electrons. The molecule has 1 saturated heterocycles. The molecule has 0 aromatic heterocycles. The van der Waals surface area contributed by atoms with E-state index in [1.807, 2.05) is 18.2 Å². The van der Waals surface area contributed by atoms with Crippen molar-refractivity contribution in [3.8, 4) is 5.75 Å². The molecule has 3 rings (SSSR count). The molecule has 0 unspecified atom stereocenters. The molecule has 7 nitrogen and oxygen atoms in total. The van der Waals surface area contributed by atoms with Crippen molar-refractivity contribution in [3.05, 3.63) is 42.0 Å². The molecule has 1 atom stereocenters. The number of rotatable bonds is 6. The molecule has 1 amide bonds. The SMILES string of the molecule is CCN(C(=O)COC(=O)c1ccc(OC)c2ccccc12)[C@H]1CCS(=O)(=O)C1. The number of fused-ring (bicyclic) bond motifs is 1. The van der Waals surface area contributed by atoms with E-state index in [1.54, 1.807) is 32.2 Å². The highest BCUT2D eigenvalue weighted by atomic mass is 32.2. The maximum Gasteiger partial charge on any atom is 0.339 e. The standard InChI is InChI=1S/C20H23NO6S/c1-3-21(14-10-11-28(24,25)13-14)19(22)12-27-20(23)17-8-9-18(26-2)16-7-5-4-6-15(16)17/h4-9,14H,3,10-13H2,1-2H3/t14-/m0/s1. The van der Waals surface area contributed by atoms with Gasteiger partial charge in [0.15, 0.2) is 16.4 Å². The van der Waals surface area contributed by atoms with Gasteiger partial charge in [-0.15, -0.1) is 0 Å². The van der Waals surface area contributed by atoms with Crippen LogP contribution in [0, 0.1) is 0 Å². The number of carbonyl (C=O) groups is 2. The van der Waals surface area contributed by atoms with Crippen molar-refractivity contribution in [1.29, 1.82) is 0 Å². The van der Waals surface area contributed by atoms with Gasteiger partial charge in [-0.3, -0.25) is 4.79 Å². The largest absolute Gasteiger partial charge is 0.496 e. The minimum Gasteiger partial charge on any atom is -0.496 e. The lowest BCUT2D eigenvalue weighted by Gasteiger charge is -2.26. The molecular formula is C20H23NO6S. The summed E-state index contributed by atoms with van der Waals surface area (Å²) in [5, 5.41) is 1.45. The van der Waals surface area contributed by atoms with Crippen LogP contribution in [0.3, 0.4) is 0 Å². The third-order valence-electron chi connectivity index (χ3n) is 4.96. The maximum absolute atomic E-state index is 12.6. The van der Waals surface area contributed by atoms with Gasteiger partial charge in [-0.25, -0.2) is 13.2 Å². The molecule has 1 fully saturated rings. The van der Waals surface area contributed by atoms with Crippen LogP contribution < -0.4 is 4.74 Å². The van der Waals surface area contributed by atoms with E-state index >= 15 is 0 Å². The summed E-state index contributed by atoms with van der Waals surface area (Å²) in [6.07, 6.45) is 0.416. The second-order valence-electron chi connectivity index (χ2n) is 6.67. The predicted octanol–water partition coefficient (Wildman–Crippen LogP) is 2.04. The molecule has 0 aliphatic carbocycles. The van der Waals surface area contributed by atoms with Gasteiger partial charge in [0, 0.05) is 18.0 Å². The number of sulfone groups is 1. The van der Waals surface area contributed by atoms with Crippen molar-refractivity contribution in [1.82, 2.24) is 4.90 Å². The Morgan fingerprint density at radius 1 is 1.14 bits per heavy atom. The molecule has 28 heavy (non-hydrogen) atoms. The third kappa shape index (κ3) is 4.11. The summed E-state index contributed by atoms with van der Waals surface area (Å²) in [7, 11) is -1.55. The fraction of sp³-hybridized carbons (Fsp3) is 0.400. The molecule has 0 spiro atoms. The van der Waals surface area contributed by atoms with Crippen molar-refractivity contribution >= 4 is 32.5 Å². The van der Waals surface area contributed by atoms with Crippen LogP contribution in [0.5, 0.6) is 5.75 Å². The summed E-state index contributed by atoms with van der Waals surface area (Å²) in [4.78, 5) is 26.6. The van der Waals surface area contributed by atoms with Gasteiger partial charge in [0.05, 0.1) is 24.2 Å². The highest BCUT2D eigenvalue weighted by molar-refractivity contribution is 7.91. The first kappa shape index (κ1) is 20.1. The number of amides is 1. The Bertz CT molecular complexity index is 1000. The Labute approximate surface area is 164 Å². The third-order valence-corrected chi connectivity index (χ3v) is 6.71. The predicted molar refractivity (Wildman–Crippen MR) is 105 cm³/mol. The second-order valence-corrected chi connectivity index (χ2v) is 8.90. The zero-order valence-corrected chi connectivity index (χ0v) is 16.7. The van der Waals surface area contributed by atoms with Crippen LogP contribution in [0.1, 0.15) is 23.7 Å². The van der Waals surface area contributed by atoms with Gasteiger partial charge in [0.25, 0.3) is 5.91 Å². The number of nitrogens with zero attached hydrogens (tertiary/aromatic N) is 1. The molecule has 0 saturated carbocycles. The minimum atomic E-state index is -3.10. The summed E-state index contributed by atoms with van der Waals surface area (Å²) in [5.74, 6) is -0.316. The highest BCUT2D eigenvalue weighted by Gasteiger charge is 2.34. The minimum absolute atomic E-state index is 0.0381. The molecule has 1 heterocycles. The first-order valence-corrected chi connectivity index (χ1v) is 10.9. The summed E-state index contributed by atoms with van der Waals surface area (Å²) in [6, 6.07) is 10.2. The lowest BCUT2D eigenvalue weighted by molar-refractivity contribution is -0.136. The number of methoxy groups -OCH3 is 1. The Morgan fingerprint density at radius 3 is 2.46 bits per heavy atom. The Hall–Kier alpha value is -2.61. The van der Waals surface area contributed by atoms with E-state index in [4.69, 9.17) is 9.47 Å². The Morgan fingerprint density at radius 2 is 1.86 bits per heavy atom. The van der Waals surface area contributed by atoms with Gasteiger partial charge in [-0.1, -0.05) is 24.3 Å². The van der Waals surface area contributed by atoms with Crippen molar-refractivity contribution in [2.45, 2.75) is 19.4 Å². The molecular weight excluding hydrogens is 382 g/mol. The van der Waals surface area contributed by atoms with E-state index in [0.717, 1.165) is 5.39 Å². The molecule has 1 aliphatic heterocycles. The highest BCUT2D eigenvalue weighted by Crippen LogP contribution is 2.28. The van der Waals surface area contributed by atoms with E-state index in [9.17, 15) is 18.0 Å². The van der Waals surface area contributed by atoms with Gasteiger partial charge in [-0.05, 0) is 30.9 Å². The number of carbonyl (C=O) groups excluding carboxylic acids is 2. The average molecular weight is 405 g/mol. The van der Waals surface area contributed by atoms with E-state index in [2.05, 4.69) is 0 Å². The van der Waals surface area contributed by atoms with Crippen LogP contribution in [-0.4, -0.2) is 63.0 Å². The van der Waals surface area contributed by atoms with Gasteiger partial charge >= 0.3 is 5.97 Å². The lowest BCUT2D eigenvalue weighted by atomic mass is 10.0. The fourth-order valence-corrected chi connectivity index (χ4v) is 5.31. The van der Waals surface area contributed by atoms with Crippen molar-refractivity contribution in [2.75, 3.05) is 31.8 Å². The zero-order valence-electron chi connectivity index (χ0n) is 15.9. The average Bonchev–Trinajstić information content (AvgIpc) is 3.05. The molecule has 1 aliphatic rings. The van der Waals surface area contributed by atoms with Crippen LogP contribution in [0.4, 0.5) is 0 Å². The smallest absolute Gasteiger partial charge is 0.339 e. The van der Waals surface area contributed by atoms with E-state index in [1.165, 1.54) is 4.90 Å². The molecule has 150 valence electrons. The van der Waals surface area contributed by atoms with Crippen LogP contribution >= 0.6 is 0 Å². The molecule has 0 N–H and O–H groups in total. The van der Waals surface area contributed by atoms with E-state index < -0.39 is 28.3 Å². The fourth-order valence-electron chi connectivity index (χ4n) is 3.57. The number of hydrogen-bond acceptors (Lipinski definition) is 6. The quantitative estimate of drug-likeness (QED) is 0.683. The topological polar surface area (TPSA) is 90.0 Å². The first-order chi connectivity index (χ1) is 13.4. The van der Waals surface area contributed by atoms with Crippen LogP contribution in [-0.2, 0) is 19.4 Å². The van der Waals surface area contributed by atoms with Crippen molar-refractivity contribution in [3.63, 3.8) is 0 Å². The van der Waals surface area contributed by atoms with Gasteiger partial charge in [0.2, 0.25) is 0 Å². The number of benzene rings is 2. The summed E-state index contributed by atoms with van der Waals surface area (Å²) >= 11 is 0. The number of ether oxygens (including phenoxy) is 2. The van der Waals surface area contributed by atoms with Crippen LogP contribution in [0.2, 0.25) is 0 Å². The van der Waals surface area contributed by atoms with Crippen molar-refractivity contribution < 1.29 is 27.5 Å². The summed E-state index contributed by atoms with van der Waals surface area (Å²) < 4.78 is 33.9. The van der Waals surface area contributed by atoms with E-state index in [0.29, 0.717) is 29.7 Å².